The number of anilines is 1. The van der Waals surface area contributed by atoms with Gasteiger partial charge in [0, 0.05) is 38.2 Å². The van der Waals surface area contributed by atoms with Crippen LogP contribution in [0.5, 0.6) is 6.01 Å². The topological polar surface area (TPSA) is 83.1 Å². The van der Waals surface area contributed by atoms with Crippen molar-refractivity contribution in [2.75, 3.05) is 44.2 Å². The van der Waals surface area contributed by atoms with E-state index in [9.17, 15) is 9.18 Å². The van der Waals surface area contributed by atoms with E-state index in [1.807, 2.05) is 25.7 Å². The van der Waals surface area contributed by atoms with E-state index >= 15 is 0 Å². The molecule has 1 amide bonds. The number of nitrogens with zero attached hydrogens (tertiary/aromatic N) is 5. The Bertz CT molecular complexity index is 1000. The summed E-state index contributed by atoms with van der Waals surface area (Å²) >= 11 is 0. The largest absolute Gasteiger partial charge is 0.461 e. The van der Waals surface area contributed by atoms with Gasteiger partial charge in [0.2, 0.25) is 0 Å². The van der Waals surface area contributed by atoms with E-state index in [1.165, 1.54) is 5.56 Å². The van der Waals surface area contributed by atoms with Gasteiger partial charge in [-0.1, -0.05) is 0 Å². The molecule has 0 radical (unpaired) electrons. The van der Waals surface area contributed by atoms with Crippen LogP contribution in [0.1, 0.15) is 64.1 Å². The highest BCUT2D eigenvalue weighted by molar-refractivity contribution is 5.70. The fourth-order valence-electron chi connectivity index (χ4n) is 6.98. The minimum Gasteiger partial charge on any atom is -0.461 e. The van der Waals surface area contributed by atoms with E-state index in [-0.39, 0.29) is 23.7 Å². The summed E-state index contributed by atoms with van der Waals surface area (Å²) < 4.78 is 26.2. The lowest BCUT2D eigenvalue weighted by Crippen LogP contribution is -2.57. The van der Waals surface area contributed by atoms with Gasteiger partial charge in [-0.05, 0) is 66.0 Å². The van der Waals surface area contributed by atoms with Crippen LogP contribution >= 0.6 is 0 Å². The number of ether oxygens (including phenoxy) is 2. The molecule has 1 aromatic heterocycles. The van der Waals surface area contributed by atoms with E-state index in [2.05, 4.69) is 15.1 Å². The number of fused-ring (bicyclic) bond motifs is 4. The van der Waals surface area contributed by atoms with Crippen molar-refractivity contribution in [1.29, 1.82) is 0 Å². The van der Waals surface area contributed by atoms with E-state index in [0.717, 1.165) is 69.8 Å². The van der Waals surface area contributed by atoms with Gasteiger partial charge in [0.25, 0.3) is 0 Å². The van der Waals surface area contributed by atoms with Gasteiger partial charge in [-0.3, -0.25) is 9.80 Å². The van der Waals surface area contributed by atoms with Crippen molar-refractivity contribution in [3.63, 3.8) is 0 Å². The predicted octanol–water partition coefficient (Wildman–Crippen LogP) is 2.67. The number of hydrogen-bond acceptors (Lipinski definition) is 8. The van der Waals surface area contributed by atoms with Crippen molar-refractivity contribution in [2.24, 2.45) is 0 Å². The molecule has 198 valence electrons. The van der Waals surface area contributed by atoms with Crippen LogP contribution < -0.4 is 15.0 Å². The van der Waals surface area contributed by atoms with Gasteiger partial charge < -0.3 is 19.7 Å². The first kappa shape index (κ1) is 24.2. The molecular formula is C26H39FN6O3. The molecule has 2 bridgehead atoms. The van der Waals surface area contributed by atoms with Crippen molar-refractivity contribution in [1.82, 2.24) is 25.1 Å². The van der Waals surface area contributed by atoms with Gasteiger partial charge >= 0.3 is 12.1 Å². The molecule has 6 heterocycles. The van der Waals surface area contributed by atoms with Crippen molar-refractivity contribution < 1.29 is 18.7 Å². The zero-order chi connectivity index (χ0) is 25.1. The van der Waals surface area contributed by atoms with Crippen LogP contribution in [0, 0.1) is 0 Å². The molecule has 4 atom stereocenters. The van der Waals surface area contributed by atoms with Crippen LogP contribution in [0.2, 0.25) is 0 Å². The lowest BCUT2D eigenvalue weighted by molar-refractivity contribution is 0.0122. The van der Waals surface area contributed by atoms with Crippen molar-refractivity contribution in [2.45, 2.75) is 95.2 Å². The quantitative estimate of drug-likeness (QED) is 0.673. The maximum Gasteiger partial charge on any atom is 0.410 e. The summed E-state index contributed by atoms with van der Waals surface area (Å²) in [6.45, 7) is 10.7. The Labute approximate surface area is 212 Å². The molecule has 5 aliphatic heterocycles. The van der Waals surface area contributed by atoms with Gasteiger partial charge in [0.15, 0.2) is 0 Å². The van der Waals surface area contributed by atoms with E-state index < -0.39 is 11.8 Å². The number of aromatic nitrogens is 2. The lowest BCUT2D eigenvalue weighted by Gasteiger charge is -2.42. The van der Waals surface area contributed by atoms with Crippen LogP contribution in [0.4, 0.5) is 15.0 Å². The number of alkyl halides is 1. The molecule has 6 rings (SSSR count). The molecule has 10 heteroatoms. The highest BCUT2D eigenvalue weighted by Gasteiger charge is 2.50. The molecule has 0 spiro atoms. The second kappa shape index (κ2) is 8.97. The van der Waals surface area contributed by atoms with Crippen molar-refractivity contribution >= 4 is 11.9 Å². The number of piperazine rings is 1. The third-order valence-electron chi connectivity index (χ3n) is 8.51. The van der Waals surface area contributed by atoms with Crippen LogP contribution in [0.3, 0.4) is 0 Å². The summed E-state index contributed by atoms with van der Waals surface area (Å²) in [5.74, 6) is 0.938. The summed E-state index contributed by atoms with van der Waals surface area (Å²) in [4.78, 5) is 29.2. The van der Waals surface area contributed by atoms with Crippen LogP contribution in [0.15, 0.2) is 0 Å². The smallest absolute Gasteiger partial charge is 0.410 e. The van der Waals surface area contributed by atoms with Crippen LogP contribution in [-0.2, 0) is 17.7 Å². The molecule has 1 N–H and O–H groups in total. The maximum atomic E-state index is 14.2. The predicted molar refractivity (Wildman–Crippen MR) is 133 cm³/mol. The summed E-state index contributed by atoms with van der Waals surface area (Å²) in [5, 5.41) is 3.42. The first-order valence-electron chi connectivity index (χ1n) is 13.6. The number of halogens is 1. The fraction of sp³-hybridized carbons (Fsp3) is 0.808. The number of rotatable bonds is 4. The molecule has 36 heavy (non-hydrogen) atoms. The molecule has 4 saturated heterocycles. The Kier molecular flexibility index (Phi) is 6.02. The van der Waals surface area contributed by atoms with E-state index in [4.69, 9.17) is 19.4 Å². The van der Waals surface area contributed by atoms with Gasteiger partial charge in [0.1, 0.15) is 24.2 Å². The van der Waals surface area contributed by atoms with E-state index in [0.29, 0.717) is 32.1 Å². The van der Waals surface area contributed by atoms with Crippen LogP contribution in [-0.4, -0.2) is 94.6 Å². The molecule has 2 unspecified atom stereocenters. The standard InChI is InChI=1S/C26H39FN6O3/c1-25(2,3)36-24(34)33-18-5-6-19(33)15-31(14-18)22-20-7-9-28-12-21(20)29-23(30-22)35-16-26-8-4-10-32(26)13-17(27)11-26/h17-19,28H,4-16H2,1-3H3/t17-,18?,19?,26+/m1/s1. The molecule has 1 aromatic rings. The molecule has 0 aliphatic carbocycles. The lowest BCUT2D eigenvalue weighted by atomic mass is 9.95. The SMILES string of the molecule is CC(C)(C)OC(=O)N1C2CCC1CN(c1nc(OC[C@@]34CCCN3C[C@H](F)C4)nc3c1CCNC3)C2. The number of carbonyl (C=O) groups is 1. The number of carbonyl (C=O) groups excluding carboxylic acids is 1. The highest BCUT2D eigenvalue weighted by Crippen LogP contribution is 2.41. The maximum absolute atomic E-state index is 14.2. The average molecular weight is 503 g/mol. The highest BCUT2D eigenvalue weighted by atomic mass is 19.1. The van der Waals surface area contributed by atoms with Crippen molar-refractivity contribution in [3.8, 4) is 6.01 Å². The second-order valence-electron chi connectivity index (χ2n) is 12.2. The zero-order valence-corrected chi connectivity index (χ0v) is 21.8. The summed E-state index contributed by atoms with van der Waals surface area (Å²) in [7, 11) is 0. The summed E-state index contributed by atoms with van der Waals surface area (Å²) in [6, 6.07) is 0.611. The van der Waals surface area contributed by atoms with Gasteiger partial charge in [0.05, 0.1) is 23.3 Å². The Morgan fingerprint density at radius 3 is 2.72 bits per heavy atom. The Morgan fingerprint density at radius 1 is 1.19 bits per heavy atom. The molecule has 5 aliphatic rings. The molecule has 4 fully saturated rings. The van der Waals surface area contributed by atoms with Gasteiger partial charge in [-0.2, -0.15) is 9.97 Å². The number of hydrogen-bond donors (Lipinski definition) is 1. The third-order valence-corrected chi connectivity index (χ3v) is 8.51. The molecule has 0 aromatic carbocycles. The second-order valence-corrected chi connectivity index (χ2v) is 12.2. The van der Waals surface area contributed by atoms with Gasteiger partial charge in [-0.25, -0.2) is 9.18 Å². The zero-order valence-electron chi connectivity index (χ0n) is 21.8. The fourth-order valence-corrected chi connectivity index (χ4v) is 6.98. The monoisotopic (exact) mass is 502 g/mol. The number of nitrogens with one attached hydrogen (secondary N) is 1. The summed E-state index contributed by atoms with van der Waals surface area (Å²) in [5.41, 5.74) is 1.43. The Balaban J connectivity index is 1.22. The minimum atomic E-state index is -0.783. The Morgan fingerprint density at radius 2 is 1.97 bits per heavy atom. The first-order valence-corrected chi connectivity index (χ1v) is 13.6. The van der Waals surface area contributed by atoms with Crippen molar-refractivity contribution in [3.05, 3.63) is 11.3 Å². The average Bonchev–Trinajstić information content (AvgIpc) is 3.43. The normalized spacial score (nSPS) is 31.9. The molecular weight excluding hydrogens is 463 g/mol. The molecule has 9 nitrogen and oxygen atoms in total. The van der Waals surface area contributed by atoms with Crippen LogP contribution in [0.25, 0.3) is 0 Å². The first-order chi connectivity index (χ1) is 17.2. The van der Waals surface area contributed by atoms with E-state index in [1.54, 1.807) is 0 Å². The third kappa shape index (κ3) is 4.40. The summed E-state index contributed by atoms with van der Waals surface area (Å²) in [6.07, 6.45) is 4.40. The Hall–Kier alpha value is -2.20. The van der Waals surface area contributed by atoms with Gasteiger partial charge in [-0.15, -0.1) is 0 Å². The minimum absolute atomic E-state index is 0.112. The number of amides is 1. The molecule has 0 saturated carbocycles.